The number of benzene rings is 1. The number of amides is 1. The summed E-state index contributed by atoms with van der Waals surface area (Å²) >= 11 is 3.35. The van der Waals surface area contributed by atoms with Crippen LogP contribution < -0.4 is 5.32 Å². The molecule has 1 atom stereocenters. The lowest BCUT2D eigenvalue weighted by molar-refractivity contribution is -0.121. The van der Waals surface area contributed by atoms with Crippen molar-refractivity contribution in [2.24, 2.45) is 0 Å². The molecule has 1 aliphatic rings. The van der Waals surface area contributed by atoms with Crippen LogP contribution in [-0.2, 0) is 21.1 Å². The summed E-state index contributed by atoms with van der Waals surface area (Å²) in [6, 6.07) is 7.30. The zero-order chi connectivity index (χ0) is 13.9. The smallest absolute Gasteiger partial charge is 0.224 e. The highest BCUT2D eigenvalue weighted by atomic mass is 79.9. The van der Waals surface area contributed by atoms with E-state index in [1.165, 1.54) is 0 Å². The van der Waals surface area contributed by atoms with Crippen LogP contribution in [0.25, 0.3) is 0 Å². The zero-order valence-electron chi connectivity index (χ0n) is 10.4. The SMILES string of the molecule is O=C(Cc1cccc(Br)c1)N[C@H]1CCCS(=O)(=O)C1. The number of halogens is 1. The van der Waals surface area contributed by atoms with Gasteiger partial charge in [-0.05, 0) is 30.5 Å². The van der Waals surface area contributed by atoms with E-state index in [0.29, 0.717) is 6.42 Å². The van der Waals surface area contributed by atoms with E-state index in [9.17, 15) is 13.2 Å². The zero-order valence-corrected chi connectivity index (χ0v) is 12.8. The molecule has 104 valence electrons. The number of carbonyl (C=O) groups excluding carboxylic acids is 1. The lowest BCUT2D eigenvalue weighted by Gasteiger charge is -2.23. The van der Waals surface area contributed by atoms with Crippen molar-refractivity contribution < 1.29 is 13.2 Å². The van der Waals surface area contributed by atoms with Gasteiger partial charge >= 0.3 is 0 Å². The summed E-state index contributed by atoms with van der Waals surface area (Å²) in [5.41, 5.74) is 0.908. The molecule has 0 saturated carbocycles. The van der Waals surface area contributed by atoms with Crippen molar-refractivity contribution in [1.29, 1.82) is 0 Å². The first-order chi connectivity index (χ1) is 8.94. The summed E-state index contributed by atoms with van der Waals surface area (Å²) in [6.45, 7) is 0. The molecule has 4 nitrogen and oxygen atoms in total. The normalized spacial score (nSPS) is 21.8. The molecule has 1 saturated heterocycles. The van der Waals surface area contributed by atoms with Crippen LogP contribution in [0.15, 0.2) is 28.7 Å². The minimum Gasteiger partial charge on any atom is -0.352 e. The molecule has 1 fully saturated rings. The van der Waals surface area contributed by atoms with Crippen LogP contribution in [0.1, 0.15) is 18.4 Å². The van der Waals surface area contributed by atoms with E-state index in [2.05, 4.69) is 21.2 Å². The summed E-state index contributed by atoms with van der Waals surface area (Å²) in [6.07, 6.45) is 1.64. The topological polar surface area (TPSA) is 63.2 Å². The molecule has 1 heterocycles. The first-order valence-corrected chi connectivity index (χ1v) is 8.80. The minimum atomic E-state index is -2.98. The van der Waals surface area contributed by atoms with Gasteiger partial charge in [0.1, 0.15) is 0 Å². The fraction of sp³-hybridized carbons (Fsp3) is 0.462. The second-order valence-electron chi connectivity index (χ2n) is 4.83. The number of hydrogen-bond donors (Lipinski definition) is 1. The van der Waals surface area contributed by atoms with E-state index in [-0.39, 0.29) is 29.9 Å². The van der Waals surface area contributed by atoms with Gasteiger partial charge in [0.15, 0.2) is 9.84 Å². The molecule has 0 aromatic heterocycles. The summed E-state index contributed by atoms with van der Waals surface area (Å²) in [5.74, 6) is 0.183. The third-order valence-electron chi connectivity index (χ3n) is 3.08. The number of sulfone groups is 1. The molecule has 1 aliphatic heterocycles. The quantitative estimate of drug-likeness (QED) is 0.906. The summed E-state index contributed by atoms with van der Waals surface area (Å²) < 4.78 is 23.9. The summed E-state index contributed by atoms with van der Waals surface area (Å²) in [5, 5.41) is 2.81. The van der Waals surface area contributed by atoms with Gasteiger partial charge in [-0.15, -0.1) is 0 Å². The number of hydrogen-bond acceptors (Lipinski definition) is 3. The van der Waals surface area contributed by atoms with Gasteiger partial charge in [0.05, 0.1) is 17.9 Å². The van der Waals surface area contributed by atoms with Crippen LogP contribution in [0.5, 0.6) is 0 Å². The molecular formula is C13H16BrNO3S. The van der Waals surface area contributed by atoms with E-state index in [0.717, 1.165) is 16.5 Å². The van der Waals surface area contributed by atoms with E-state index in [1.807, 2.05) is 24.3 Å². The minimum absolute atomic E-state index is 0.0667. The Morgan fingerprint density at radius 2 is 2.21 bits per heavy atom. The predicted octanol–water partition coefficient (Wildman–Crippen LogP) is 1.69. The average Bonchev–Trinajstić information content (AvgIpc) is 2.27. The third kappa shape index (κ3) is 4.62. The van der Waals surface area contributed by atoms with Gasteiger partial charge in [-0.3, -0.25) is 4.79 Å². The van der Waals surface area contributed by atoms with Crippen LogP contribution >= 0.6 is 15.9 Å². The molecule has 0 spiro atoms. The summed E-state index contributed by atoms with van der Waals surface area (Å²) in [7, 11) is -2.98. The monoisotopic (exact) mass is 345 g/mol. The molecule has 2 rings (SSSR count). The standard InChI is InChI=1S/C13H16BrNO3S/c14-11-4-1-3-10(7-11)8-13(16)15-12-5-2-6-19(17,18)9-12/h1,3-4,7,12H,2,5-6,8-9H2,(H,15,16)/t12-/m0/s1. The van der Waals surface area contributed by atoms with E-state index in [4.69, 9.17) is 0 Å². The molecule has 0 radical (unpaired) electrons. The van der Waals surface area contributed by atoms with E-state index in [1.54, 1.807) is 0 Å². The van der Waals surface area contributed by atoms with Crippen LogP contribution in [-0.4, -0.2) is 31.9 Å². The fourth-order valence-electron chi connectivity index (χ4n) is 2.25. The predicted molar refractivity (Wildman–Crippen MR) is 77.7 cm³/mol. The Bertz CT molecular complexity index is 571. The van der Waals surface area contributed by atoms with Crippen molar-refractivity contribution >= 4 is 31.7 Å². The fourth-order valence-corrected chi connectivity index (χ4v) is 4.33. The molecule has 6 heteroatoms. The third-order valence-corrected chi connectivity index (χ3v) is 5.40. The van der Waals surface area contributed by atoms with Crippen molar-refractivity contribution in [2.45, 2.75) is 25.3 Å². The van der Waals surface area contributed by atoms with Gasteiger partial charge in [-0.2, -0.15) is 0 Å². The maximum atomic E-state index is 11.9. The molecule has 0 unspecified atom stereocenters. The Hall–Kier alpha value is -0.880. The van der Waals surface area contributed by atoms with Crippen LogP contribution in [0, 0.1) is 0 Å². The van der Waals surface area contributed by atoms with Gasteiger partial charge < -0.3 is 5.32 Å². The van der Waals surface area contributed by atoms with Gasteiger partial charge in [0.25, 0.3) is 0 Å². The lowest BCUT2D eigenvalue weighted by Crippen LogP contribution is -2.43. The van der Waals surface area contributed by atoms with E-state index < -0.39 is 9.84 Å². The average molecular weight is 346 g/mol. The van der Waals surface area contributed by atoms with E-state index >= 15 is 0 Å². The largest absolute Gasteiger partial charge is 0.352 e. The van der Waals surface area contributed by atoms with Crippen LogP contribution in [0.4, 0.5) is 0 Å². The van der Waals surface area contributed by atoms with Crippen LogP contribution in [0.3, 0.4) is 0 Å². The highest BCUT2D eigenvalue weighted by molar-refractivity contribution is 9.10. The number of rotatable bonds is 3. The van der Waals surface area contributed by atoms with Crippen molar-refractivity contribution in [1.82, 2.24) is 5.32 Å². The molecule has 1 aromatic rings. The Labute approximate surface area is 121 Å². The van der Waals surface area contributed by atoms with Gasteiger partial charge in [0, 0.05) is 10.5 Å². The second-order valence-corrected chi connectivity index (χ2v) is 7.97. The molecular weight excluding hydrogens is 330 g/mol. The maximum absolute atomic E-state index is 11.9. The molecule has 1 N–H and O–H groups in total. The van der Waals surface area contributed by atoms with Crippen LogP contribution in [0.2, 0.25) is 0 Å². The Kier molecular flexibility index (Phi) is 4.62. The maximum Gasteiger partial charge on any atom is 0.224 e. The van der Waals surface area contributed by atoms with Crippen molar-refractivity contribution in [3.8, 4) is 0 Å². The van der Waals surface area contributed by atoms with Gasteiger partial charge in [0.2, 0.25) is 5.91 Å². The Morgan fingerprint density at radius 3 is 2.89 bits per heavy atom. The molecule has 1 amide bonds. The first kappa shape index (κ1) is 14.5. The van der Waals surface area contributed by atoms with Crippen molar-refractivity contribution in [3.63, 3.8) is 0 Å². The highest BCUT2D eigenvalue weighted by Crippen LogP contribution is 2.14. The molecule has 19 heavy (non-hydrogen) atoms. The van der Waals surface area contributed by atoms with Gasteiger partial charge in [-0.1, -0.05) is 28.1 Å². The lowest BCUT2D eigenvalue weighted by atomic mass is 10.1. The molecule has 0 bridgehead atoms. The Balaban J connectivity index is 1.91. The first-order valence-electron chi connectivity index (χ1n) is 6.19. The molecule has 1 aromatic carbocycles. The number of nitrogens with one attached hydrogen (secondary N) is 1. The van der Waals surface area contributed by atoms with Gasteiger partial charge in [-0.25, -0.2) is 8.42 Å². The second kappa shape index (κ2) is 6.05. The Morgan fingerprint density at radius 1 is 1.42 bits per heavy atom. The van der Waals surface area contributed by atoms with Crippen molar-refractivity contribution in [3.05, 3.63) is 34.3 Å². The molecule has 0 aliphatic carbocycles. The summed E-state index contributed by atoms with van der Waals surface area (Å²) in [4.78, 5) is 11.9. The highest BCUT2D eigenvalue weighted by Gasteiger charge is 2.25. The number of carbonyl (C=O) groups is 1. The van der Waals surface area contributed by atoms with Crippen molar-refractivity contribution in [2.75, 3.05) is 11.5 Å².